The molecule has 0 radical (unpaired) electrons. The molecule has 1 aromatic carbocycles. The molecule has 5 atom stereocenters. The molecule has 0 saturated carbocycles. The van der Waals surface area contributed by atoms with Crippen molar-refractivity contribution in [1.82, 2.24) is 0 Å². The third-order valence-electron chi connectivity index (χ3n) is 5.51. The van der Waals surface area contributed by atoms with E-state index in [0.29, 0.717) is 10.7 Å². The van der Waals surface area contributed by atoms with Crippen molar-refractivity contribution in [1.29, 1.82) is 0 Å². The Labute approximate surface area is 228 Å². The van der Waals surface area contributed by atoms with Gasteiger partial charge in [0.05, 0.1) is 16.9 Å². The fourth-order valence-electron chi connectivity index (χ4n) is 3.61. The van der Waals surface area contributed by atoms with Crippen molar-refractivity contribution < 1.29 is 38.1 Å². The van der Waals surface area contributed by atoms with E-state index in [0.717, 1.165) is 0 Å². The van der Waals surface area contributed by atoms with Crippen molar-refractivity contribution in [2.75, 3.05) is 11.5 Å². The first kappa shape index (κ1) is 30.9. The molecule has 206 valence electrons. The quantitative estimate of drug-likeness (QED) is 0.293. The normalized spacial score (nSPS) is 24.1. The van der Waals surface area contributed by atoms with Gasteiger partial charge in [-0.3, -0.25) is 19.2 Å². The van der Waals surface area contributed by atoms with Gasteiger partial charge in [-0.05, 0) is 71.2 Å². The number of rotatable bonds is 6. The number of esters is 3. The molecule has 1 amide bonds. The predicted octanol–water partition coefficient (Wildman–Crippen LogP) is 3.81. The first-order valence-electron chi connectivity index (χ1n) is 11.9. The minimum absolute atomic E-state index is 0.309. The Morgan fingerprint density at radius 3 is 1.92 bits per heavy atom. The average Bonchev–Trinajstić information content (AvgIpc) is 2.75. The Morgan fingerprint density at radius 1 is 0.919 bits per heavy atom. The fraction of sp³-hybridized carbons (Fsp3) is 0.615. The molecule has 0 spiro atoms. The van der Waals surface area contributed by atoms with Gasteiger partial charge in [0.2, 0.25) is 5.91 Å². The van der Waals surface area contributed by atoms with Gasteiger partial charge in [0, 0.05) is 24.6 Å². The van der Waals surface area contributed by atoms with Crippen molar-refractivity contribution in [2.45, 2.75) is 85.2 Å². The molecule has 9 nitrogen and oxygen atoms in total. The topological polar surface area (TPSA) is 108 Å². The molecule has 1 fully saturated rings. The number of ether oxygens (including phenoxy) is 4. The number of hydrogen-bond acceptors (Lipinski definition) is 9. The number of benzene rings is 1. The van der Waals surface area contributed by atoms with Crippen LogP contribution in [0.1, 0.15) is 55.4 Å². The Balaban J connectivity index is 2.57. The monoisotopic (exact) mass is 556 g/mol. The lowest BCUT2D eigenvalue weighted by Gasteiger charge is -2.52. The number of carbonyl (C=O) groups excluding carboxylic acids is 4. The van der Waals surface area contributed by atoms with E-state index in [4.69, 9.17) is 43.2 Å². The summed E-state index contributed by atoms with van der Waals surface area (Å²) in [5.41, 5.74) is -2.40. The third-order valence-corrected chi connectivity index (χ3v) is 6.15. The van der Waals surface area contributed by atoms with Crippen LogP contribution in [-0.2, 0) is 50.8 Å². The first-order valence-corrected chi connectivity index (χ1v) is 12.7. The first-order chi connectivity index (χ1) is 16.9. The minimum atomic E-state index is -1.23. The molecule has 1 saturated heterocycles. The zero-order valence-corrected chi connectivity index (χ0v) is 24.0. The molecule has 1 aliphatic heterocycles. The van der Waals surface area contributed by atoms with E-state index in [2.05, 4.69) is 0 Å². The molecule has 1 aliphatic rings. The molecule has 1 heterocycles. The van der Waals surface area contributed by atoms with Crippen molar-refractivity contribution in [2.24, 2.45) is 10.8 Å². The maximum Gasteiger partial charge on any atom is 0.311 e. The van der Waals surface area contributed by atoms with E-state index >= 15 is 0 Å². The number of nitrogens with zero attached hydrogens (tertiary/aromatic N) is 1. The molecule has 11 heteroatoms. The zero-order valence-electron chi connectivity index (χ0n) is 22.4. The summed E-state index contributed by atoms with van der Waals surface area (Å²) in [7, 11) is 0. The molecular weight excluding hydrogens is 522 g/mol. The Bertz CT molecular complexity index is 1000. The van der Waals surface area contributed by atoms with Crippen LogP contribution < -0.4 is 4.90 Å². The summed E-state index contributed by atoms with van der Waals surface area (Å²) in [4.78, 5) is 51.8. The van der Waals surface area contributed by atoms with Gasteiger partial charge in [-0.2, -0.15) is 0 Å². The number of carbonyl (C=O) groups is 4. The highest BCUT2D eigenvalue weighted by Crippen LogP contribution is 2.34. The Morgan fingerprint density at radius 2 is 1.46 bits per heavy atom. The average molecular weight is 557 g/mol. The van der Waals surface area contributed by atoms with E-state index in [1.54, 1.807) is 65.8 Å². The number of amides is 1. The SMILES string of the molecule is CC(=O)O[C@H]1[C@@H](OC(=O)C(C)(C)C)[C@@H](COC(=O)C(C)(C)C)O[C@@H]([S-])[C@@H]1N(C(C)=O)c1ccc(Cl)cc1. The molecule has 37 heavy (non-hydrogen) atoms. The summed E-state index contributed by atoms with van der Waals surface area (Å²) in [6.07, 6.45) is -3.51. The van der Waals surface area contributed by atoms with Crippen molar-refractivity contribution in [3.05, 3.63) is 29.3 Å². The minimum Gasteiger partial charge on any atom is -0.759 e. The zero-order chi connectivity index (χ0) is 28.3. The van der Waals surface area contributed by atoms with Crippen LogP contribution in [-0.4, -0.2) is 60.2 Å². The molecule has 0 unspecified atom stereocenters. The largest absolute Gasteiger partial charge is 0.759 e. The molecule has 0 aliphatic carbocycles. The third kappa shape index (κ3) is 8.09. The smallest absolute Gasteiger partial charge is 0.311 e. The maximum atomic E-state index is 13.0. The lowest BCUT2D eigenvalue weighted by Crippen LogP contribution is -2.67. The van der Waals surface area contributed by atoms with E-state index in [-0.39, 0.29) is 6.61 Å². The van der Waals surface area contributed by atoms with E-state index in [1.807, 2.05) is 0 Å². The lowest BCUT2D eigenvalue weighted by molar-refractivity contribution is -0.215. The lowest BCUT2D eigenvalue weighted by atomic mass is 9.93. The van der Waals surface area contributed by atoms with E-state index in [9.17, 15) is 19.2 Å². The fourth-order valence-corrected chi connectivity index (χ4v) is 4.15. The number of hydrogen-bond donors (Lipinski definition) is 0. The van der Waals surface area contributed by atoms with Crippen molar-refractivity contribution in [3.8, 4) is 0 Å². The van der Waals surface area contributed by atoms with Crippen LogP contribution in [0.5, 0.6) is 0 Å². The van der Waals surface area contributed by atoms with Crippen LogP contribution in [0.4, 0.5) is 5.69 Å². The van der Waals surface area contributed by atoms with Gasteiger partial charge in [-0.15, -0.1) is 0 Å². The molecule has 0 N–H and O–H groups in total. The van der Waals surface area contributed by atoms with E-state index < -0.39 is 64.4 Å². The molecular formula is C26H35ClNO8S-. The van der Waals surface area contributed by atoms with Gasteiger partial charge in [0.1, 0.15) is 12.7 Å². The van der Waals surface area contributed by atoms with Gasteiger partial charge < -0.3 is 36.5 Å². The van der Waals surface area contributed by atoms with Gasteiger partial charge in [-0.1, -0.05) is 11.6 Å². The maximum absolute atomic E-state index is 13.0. The Hall–Kier alpha value is -2.30. The van der Waals surface area contributed by atoms with Gasteiger partial charge >= 0.3 is 17.9 Å². The van der Waals surface area contributed by atoms with Crippen molar-refractivity contribution >= 4 is 53.7 Å². The summed E-state index contributed by atoms with van der Waals surface area (Å²) in [5, 5.41) is 0.455. The van der Waals surface area contributed by atoms with Crippen molar-refractivity contribution in [3.63, 3.8) is 0 Å². The molecule has 1 aromatic rings. The highest BCUT2D eigenvalue weighted by atomic mass is 35.5. The second kappa shape index (κ2) is 12.0. The standard InChI is InChI=1S/C26H36ClNO8S/c1-14(29)28(17-11-9-16(27)10-12-17)19-21(34-15(2)30)20(36-24(32)26(6,7)8)18(35-22(19)37)13-33-23(31)25(3,4)5/h9-12,18-22,37H,13H2,1-8H3/p-1/t18-,19-,20+,21-,22+/m1/s1. The second-order valence-electron chi connectivity index (χ2n) is 10.9. The van der Waals surface area contributed by atoms with Crippen LogP contribution >= 0.6 is 11.6 Å². The summed E-state index contributed by atoms with van der Waals surface area (Å²) < 4.78 is 23.0. The predicted molar refractivity (Wildman–Crippen MR) is 140 cm³/mol. The Kier molecular flexibility index (Phi) is 10.1. The molecule has 2 rings (SSSR count). The second-order valence-corrected chi connectivity index (χ2v) is 11.8. The van der Waals surface area contributed by atoms with E-state index in [1.165, 1.54) is 18.7 Å². The molecule has 0 aromatic heterocycles. The van der Waals surface area contributed by atoms with Crippen LogP contribution in [0.2, 0.25) is 5.02 Å². The van der Waals surface area contributed by atoms with Crippen LogP contribution in [0.3, 0.4) is 0 Å². The summed E-state index contributed by atoms with van der Waals surface area (Å²) >= 11 is 11.6. The van der Waals surface area contributed by atoms with Crippen LogP contribution in [0.25, 0.3) is 0 Å². The number of halogens is 1. The van der Waals surface area contributed by atoms with Gasteiger partial charge in [-0.25, -0.2) is 0 Å². The summed E-state index contributed by atoms with van der Waals surface area (Å²) in [5.74, 6) is -2.20. The summed E-state index contributed by atoms with van der Waals surface area (Å²) in [6, 6.07) is 5.38. The highest BCUT2D eigenvalue weighted by molar-refractivity contribution is 7.59. The van der Waals surface area contributed by atoms with Crippen LogP contribution in [0.15, 0.2) is 24.3 Å². The van der Waals surface area contributed by atoms with Gasteiger partial charge in [0.25, 0.3) is 0 Å². The molecule has 0 bridgehead atoms. The summed E-state index contributed by atoms with van der Waals surface area (Å²) in [6.45, 7) is 12.3. The highest BCUT2D eigenvalue weighted by Gasteiger charge is 2.50. The van der Waals surface area contributed by atoms with Crippen LogP contribution in [0, 0.1) is 10.8 Å². The van der Waals surface area contributed by atoms with Gasteiger partial charge in [0.15, 0.2) is 12.2 Å². The number of anilines is 1.